The molecule has 0 radical (unpaired) electrons. The van der Waals surface area contributed by atoms with E-state index < -0.39 is 0 Å². The van der Waals surface area contributed by atoms with Gasteiger partial charge in [-0.25, -0.2) is 0 Å². The first kappa shape index (κ1) is 28.3. The van der Waals surface area contributed by atoms with Crippen molar-refractivity contribution in [2.24, 2.45) is 0 Å². The Balaban J connectivity index is 1.15. The van der Waals surface area contributed by atoms with E-state index in [1.54, 1.807) is 0 Å². The molecule has 11 rings (SSSR count). The predicted octanol–water partition coefficient (Wildman–Crippen LogP) is 14.9. The summed E-state index contributed by atoms with van der Waals surface area (Å²) in [5.41, 5.74) is 7.89. The van der Waals surface area contributed by atoms with Crippen molar-refractivity contribution in [3.8, 4) is 22.3 Å². The average molecular weight is 671 g/mol. The molecular weight excluding hydrogens is 641 g/mol. The van der Waals surface area contributed by atoms with Crippen LogP contribution in [0.3, 0.4) is 0 Å². The molecule has 0 aliphatic heterocycles. The van der Waals surface area contributed by atoms with E-state index in [1.807, 2.05) is 22.7 Å². The molecule has 2 aromatic heterocycles. The Morgan fingerprint density at radius 3 is 1.74 bits per heavy atom. The van der Waals surface area contributed by atoms with Crippen LogP contribution in [-0.4, -0.2) is 0 Å². The van der Waals surface area contributed by atoms with E-state index in [0.717, 1.165) is 12.8 Å². The summed E-state index contributed by atoms with van der Waals surface area (Å²) in [5.74, 6) is 0. The van der Waals surface area contributed by atoms with Crippen LogP contribution in [0.2, 0.25) is 0 Å². The molecule has 234 valence electrons. The maximum absolute atomic E-state index is 2.46. The molecule has 1 aliphatic rings. The van der Waals surface area contributed by atoms with Gasteiger partial charge in [-0.2, -0.15) is 0 Å². The Labute approximate surface area is 297 Å². The molecule has 0 nitrogen and oxygen atoms in total. The van der Waals surface area contributed by atoms with Crippen LogP contribution in [-0.2, 0) is 0 Å². The standard InChI is InChI=1S/C48H30S2/c1-2-10-29(11-3-1)30-18-20-31(21-19-30)44-34-12-4-6-14-36(34)45(37-15-7-5-13-35(37)44)33-24-26-42-40(28-33)38-25-22-32-23-27-43-47(46(32)48(38)50-42)39-16-8-9-17-41(39)49-43/h1-2,4-10,12-28H,3,11H2. The molecule has 0 N–H and O–H groups in total. The molecule has 8 aromatic carbocycles. The molecule has 0 bridgehead atoms. The predicted molar refractivity (Wildman–Crippen MR) is 222 cm³/mol. The van der Waals surface area contributed by atoms with E-state index in [2.05, 4.69) is 158 Å². The van der Waals surface area contributed by atoms with Crippen molar-refractivity contribution in [2.45, 2.75) is 12.8 Å². The molecule has 2 heteroatoms. The monoisotopic (exact) mass is 670 g/mol. The van der Waals surface area contributed by atoms with Crippen LogP contribution >= 0.6 is 22.7 Å². The van der Waals surface area contributed by atoms with Crippen LogP contribution in [0.1, 0.15) is 18.4 Å². The van der Waals surface area contributed by atoms with Gasteiger partial charge in [-0.15, -0.1) is 22.7 Å². The van der Waals surface area contributed by atoms with Crippen molar-refractivity contribution in [3.05, 3.63) is 163 Å². The Hall–Kier alpha value is -5.54. The number of rotatable bonds is 3. The molecule has 0 spiro atoms. The number of hydrogen-bond acceptors (Lipinski definition) is 2. The highest BCUT2D eigenvalue weighted by Crippen LogP contribution is 2.48. The Bertz CT molecular complexity index is 3020. The van der Waals surface area contributed by atoms with E-state index in [4.69, 9.17) is 0 Å². The normalized spacial score (nSPS) is 13.5. The van der Waals surface area contributed by atoms with Gasteiger partial charge >= 0.3 is 0 Å². The lowest BCUT2D eigenvalue weighted by Gasteiger charge is -2.18. The zero-order valence-corrected chi connectivity index (χ0v) is 28.9. The second kappa shape index (κ2) is 11.0. The second-order valence-corrected chi connectivity index (χ2v) is 15.6. The summed E-state index contributed by atoms with van der Waals surface area (Å²) in [6.45, 7) is 0. The van der Waals surface area contributed by atoms with Crippen molar-refractivity contribution in [1.29, 1.82) is 0 Å². The first-order valence-corrected chi connectivity index (χ1v) is 19.0. The van der Waals surface area contributed by atoms with Gasteiger partial charge in [0.2, 0.25) is 0 Å². The molecule has 1 aliphatic carbocycles. The molecule has 0 saturated heterocycles. The SMILES string of the molecule is C1=CCCC(c2ccc(-c3c4ccccc4c(-c4ccc5sc6c(ccc7ccc8sc9ccccc9c8c76)c5c4)c4ccccc34)cc2)=C1. The number of fused-ring (bicyclic) bond motifs is 11. The molecule has 0 unspecified atom stereocenters. The number of hydrogen-bond donors (Lipinski definition) is 0. The van der Waals surface area contributed by atoms with Crippen molar-refractivity contribution < 1.29 is 0 Å². The number of benzene rings is 8. The third-order valence-electron chi connectivity index (χ3n) is 10.7. The van der Waals surface area contributed by atoms with Gasteiger partial charge in [0, 0.05) is 45.7 Å². The van der Waals surface area contributed by atoms with Crippen LogP contribution in [0.4, 0.5) is 0 Å². The minimum absolute atomic E-state index is 1.10. The van der Waals surface area contributed by atoms with Gasteiger partial charge in [0.25, 0.3) is 0 Å². The summed E-state index contributed by atoms with van der Waals surface area (Å²) in [4.78, 5) is 0. The summed E-state index contributed by atoms with van der Waals surface area (Å²) < 4.78 is 5.44. The third kappa shape index (κ3) is 4.16. The minimum Gasteiger partial charge on any atom is -0.135 e. The van der Waals surface area contributed by atoms with Gasteiger partial charge in [0.1, 0.15) is 0 Å². The smallest absolute Gasteiger partial charge is 0.0440 e. The fourth-order valence-electron chi connectivity index (χ4n) is 8.46. The quantitative estimate of drug-likeness (QED) is 0.164. The molecular formula is C48H30S2. The van der Waals surface area contributed by atoms with Crippen molar-refractivity contribution in [2.75, 3.05) is 0 Å². The molecule has 2 heterocycles. The zero-order valence-electron chi connectivity index (χ0n) is 27.2. The topological polar surface area (TPSA) is 0 Å². The fraction of sp³-hybridized carbons (Fsp3) is 0.0417. The van der Waals surface area contributed by atoms with E-state index in [0.29, 0.717) is 0 Å². The Morgan fingerprint density at radius 1 is 0.420 bits per heavy atom. The highest BCUT2D eigenvalue weighted by molar-refractivity contribution is 7.28. The number of allylic oxidation sites excluding steroid dienone is 4. The third-order valence-corrected chi connectivity index (χ3v) is 13.1. The largest absolute Gasteiger partial charge is 0.135 e. The zero-order chi connectivity index (χ0) is 32.8. The van der Waals surface area contributed by atoms with Gasteiger partial charge in [0.05, 0.1) is 0 Å². The summed E-state index contributed by atoms with van der Waals surface area (Å²) in [6.07, 6.45) is 8.92. The van der Waals surface area contributed by atoms with Gasteiger partial charge in [-0.1, -0.05) is 133 Å². The molecule has 10 aromatic rings. The van der Waals surface area contributed by atoms with Gasteiger partial charge in [-0.05, 0) is 97.4 Å². The van der Waals surface area contributed by atoms with Crippen LogP contribution in [0.5, 0.6) is 0 Å². The Morgan fingerprint density at radius 2 is 1.02 bits per heavy atom. The van der Waals surface area contributed by atoms with Crippen LogP contribution in [0, 0.1) is 0 Å². The highest BCUT2D eigenvalue weighted by Gasteiger charge is 2.19. The van der Waals surface area contributed by atoms with Crippen molar-refractivity contribution in [1.82, 2.24) is 0 Å². The summed E-state index contributed by atoms with van der Waals surface area (Å²) in [5, 5.41) is 13.3. The summed E-state index contributed by atoms with van der Waals surface area (Å²) in [7, 11) is 0. The van der Waals surface area contributed by atoms with Crippen molar-refractivity contribution in [3.63, 3.8) is 0 Å². The average Bonchev–Trinajstić information content (AvgIpc) is 3.75. The lowest BCUT2D eigenvalue weighted by molar-refractivity contribution is 1.05. The van der Waals surface area contributed by atoms with Gasteiger partial charge in [-0.3, -0.25) is 0 Å². The molecule has 0 atom stereocenters. The Kier molecular flexibility index (Phi) is 6.22. The van der Waals surface area contributed by atoms with E-state index in [1.165, 1.54) is 106 Å². The minimum atomic E-state index is 1.10. The van der Waals surface area contributed by atoms with Crippen LogP contribution in [0.15, 0.2) is 158 Å². The lowest BCUT2D eigenvalue weighted by atomic mass is 9.85. The molecule has 0 saturated carbocycles. The summed E-state index contributed by atoms with van der Waals surface area (Å²) >= 11 is 3.84. The maximum atomic E-state index is 2.46. The van der Waals surface area contributed by atoms with Crippen LogP contribution in [0.25, 0.3) is 100 Å². The van der Waals surface area contributed by atoms with E-state index in [-0.39, 0.29) is 0 Å². The van der Waals surface area contributed by atoms with E-state index >= 15 is 0 Å². The lowest BCUT2D eigenvalue weighted by Crippen LogP contribution is -1.92. The van der Waals surface area contributed by atoms with Gasteiger partial charge < -0.3 is 0 Å². The van der Waals surface area contributed by atoms with Crippen molar-refractivity contribution >= 4 is 101 Å². The maximum Gasteiger partial charge on any atom is 0.0440 e. The molecule has 0 amide bonds. The highest BCUT2D eigenvalue weighted by atomic mass is 32.1. The molecule has 0 fully saturated rings. The van der Waals surface area contributed by atoms with Gasteiger partial charge in [0.15, 0.2) is 0 Å². The first-order valence-electron chi connectivity index (χ1n) is 17.4. The number of thiophene rings is 2. The molecule has 50 heavy (non-hydrogen) atoms. The fourth-order valence-corrected chi connectivity index (χ4v) is 10.8. The first-order chi connectivity index (χ1) is 24.8. The van der Waals surface area contributed by atoms with E-state index in [9.17, 15) is 0 Å². The second-order valence-electron chi connectivity index (χ2n) is 13.5. The summed E-state index contributed by atoms with van der Waals surface area (Å²) in [6, 6.07) is 52.6. The van der Waals surface area contributed by atoms with Crippen LogP contribution < -0.4 is 0 Å².